The molecule has 0 atom stereocenters. The van der Waals surface area contributed by atoms with Crippen molar-refractivity contribution in [1.82, 2.24) is 0 Å². The number of rotatable bonds is 3. The highest BCUT2D eigenvalue weighted by atomic mass is 19.1. The molecule has 0 aliphatic heterocycles. The summed E-state index contributed by atoms with van der Waals surface area (Å²) in [6.45, 7) is 0. The fraction of sp³-hybridized carbons (Fsp3) is 0. The summed E-state index contributed by atoms with van der Waals surface area (Å²) < 4.78 is 13.5. The van der Waals surface area contributed by atoms with E-state index in [1.54, 1.807) is 18.2 Å². The fourth-order valence-electron chi connectivity index (χ4n) is 2.28. The molecule has 0 heterocycles. The third-order valence-electron chi connectivity index (χ3n) is 3.37. The lowest BCUT2D eigenvalue weighted by molar-refractivity contribution is -0.111. The molecule has 1 N–H and O–H groups in total. The minimum Gasteiger partial charge on any atom is -0.322 e. The van der Waals surface area contributed by atoms with Crippen LogP contribution in [0.2, 0.25) is 0 Å². The molecule has 0 spiro atoms. The Labute approximate surface area is 127 Å². The topological polar surface area (TPSA) is 29.1 Å². The molecule has 3 aromatic carbocycles. The van der Waals surface area contributed by atoms with Gasteiger partial charge < -0.3 is 5.32 Å². The fourth-order valence-corrected chi connectivity index (χ4v) is 2.28. The molecule has 0 aliphatic rings. The van der Waals surface area contributed by atoms with Crippen molar-refractivity contribution in [3.8, 4) is 0 Å². The van der Waals surface area contributed by atoms with E-state index in [4.69, 9.17) is 0 Å². The van der Waals surface area contributed by atoms with E-state index >= 15 is 0 Å². The first-order valence-corrected chi connectivity index (χ1v) is 6.95. The Morgan fingerprint density at radius 1 is 0.909 bits per heavy atom. The summed E-state index contributed by atoms with van der Waals surface area (Å²) in [6, 6.07) is 19.9. The lowest BCUT2D eigenvalue weighted by Gasteiger charge is -2.06. The van der Waals surface area contributed by atoms with Crippen molar-refractivity contribution in [1.29, 1.82) is 0 Å². The van der Waals surface area contributed by atoms with Gasteiger partial charge in [-0.1, -0.05) is 54.6 Å². The third-order valence-corrected chi connectivity index (χ3v) is 3.37. The van der Waals surface area contributed by atoms with Crippen LogP contribution in [-0.4, -0.2) is 5.91 Å². The van der Waals surface area contributed by atoms with E-state index in [1.807, 2.05) is 42.5 Å². The number of amides is 1. The highest BCUT2D eigenvalue weighted by Gasteiger charge is 2.03. The lowest BCUT2D eigenvalue weighted by atomic mass is 10.1. The lowest BCUT2D eigenvalue weighted by Crippen LogP contribution is -2.08. The smallest absolute Gasteiger partial charge is 0.248 e. The average Bonchev–Trinajstić information content (AvgIpc) is 2.54. The van der Waals surface area contributed by atoms with Crippen LogP contribution in [0.4, 0.5) is 10.1 Å². The maximum Gasteiger partial charge on any atom is 0.248 e. The zero-order valence-electron chi connectivity index (χ0n) is 11.8. The van der Waals surface area contributed by atoms with Crippen LogP contribution >= 0.6 is 0 Å². The van der Waals surface area contributed by atoms with Gasteiger partial charge in [0.1, 0.15) is 5.82 Å². The molecule has 3 aromatic rings. The van der Waals surface area contributed by atoms with E-state index in [9.17, 15) is 9.18 Å². The Morgan fingerprint density at radius 3 is 2.50 bits per heavy atom. The molecule has 0 aliphatic carbocycles. The second kappa shape index (κ2) is 6.22. The molecule has 0 aromatic heterocycles. The molecular weight excluding hydrogens is 277 g/mol. The summed E-state index contributed by atoms with van der Waals surface area (Å²) in [5, 5.41) is 4.85. The van der Waals surface area contributed by atoms with Crippen LogP contribution in [-0.2, 0) is 4.79 Å². The molecule has 0 radical (unpaired) electrons. The number of fused-ring (bicyclic) bond motifs is 1. The summed E-state index contributed by atoms with van der Waals surface area (Å²) >= 11 is 0. The van der Waals surface area contributed by atoms with Gasteiger partial charge in [-0.15, -0.1) is 0 Å². The first-order chi connectivity index (χ1) is 10.7. The highest BCUT2D eigenvalue weighted by Crippen LogP contribution is 2.22. The van der Waals surface area contributed by atoms with Crippen molar-refractivity contribution in [2.24, 2.45) is 0 Å². The summed E-state index contributed by atoms with van der Waals surface area (Å²) in [5.41, 5.74) is 1.12. The van der Waals surface area contributed by atoms with Crippen LogP contribution in [0.5, 0.6) is 0 Å². The normalized spacial score (nSPS) is 11.0. The number of benzene rings is 3. The van der Waals surface area contributed by atoms with Gasteiger partial charge in [-0.2, -0.15) is 0 Å². The van der Waals surface area contributed by atoms with Crippen molar-refractivity contribution in [2.75, 3.05) is 5.32 Å². The monoisotopic (exact) mass is 291 g/mol. The van der Waals surface area contributed by atoms with Gasteiger partial charge >= 0.3 is 0 Å². The van der Waals surface area contributed by atoms with Crippen molar-refractivity contribution in [3.63, 3.8) is 0 Å². The number of hydrogen-bond donors (Lipinski definition) is 1. The molecule has 0 bridgehead atoms. The summed E-state index contributed by atoms with van der Waals surface area (Å²) in [5.74, 6) is -0.642. The predicted octanol–water partition coefficient (Wildman–Crippen LogP) is 4.63. The Bertz CT molecular complexity index is 849. The SMILES string of the molecule is O=C(/C=C/c1ccccc1F)Nc1cccc2ccccc12. The van der Waals surface area contributed by atoms with Crippen molar-refractivity contribution in [2.45, 2.75) is 0 Å². The van der Waals surface area contributed by atoms with Gasteiger partial charge in [0, 0.05) is 22.7 Å². The van der Waals surface area contributed by atoms with Gasteiger partial charge in [-0.25, -0.2) is 4.39 Å². The van der Waals surface area contributed by atoms with E-state index in [0.29, 0.717) is 5.56 Å². The van der Waals surface area contributed by atoms with Crippen LogP contribution in [0.15, 0.2) is 72.8 Å². The summed E-state index contributed by atoms with van der Waals surface area (Å²) in [7, 11) is 0. The molecule has 0 saturated heterocycles. The zero-order valence-corrected chi connectivity index (χ0v) is 11.8. The van der Waals surface area contributed by atoms with Crippen LogP contribution in [0, 0.1) is 5.82 Å². The first kappa shape index (κ1) is 14.0. The maximum absolute atomic E-state index is 13.5. The second-order valence-corrected chi connectivity index (χ2v) is 4.87. The largest absolute Gasteiger partial charge is 0.322 e. The standard InChI is InChI=1S/C19H14FNO/c20-17-10-4-2-7-15(17)12-13-19(22)21-18-11-5-8-14-6-1-3-9-16(14)18/h1-13H,(H,21,22)/b13-12+. The number of carbonyl (C=O) groups excluding carboxylic acids is 1. The average molecular weight is 291 g/mol. The molecule has 1 amide bonds. The van der Waals surface area contributed by atoms with E-state index in [2.05, 4.69) is 5.32 Å². The van der Waals surface area contributed by atoms with Gasteiger partial charge in [0.25, 0.3) is 0 Å². The van der Waals surface area contributed by atoms with Crippen LogP contribution in [0.1, 0.15) is 5.56 Å². The van der Waals surface area contributed by atoms with Gasteiger partial charge in [0.15, 0.2) is 0 Å². The van der Waals surface area contributed by atoms with E-state index in [0.717, 1.165) is 16.5 Å². The van der Waals surface area contributed by atoms with Crippen molar-refractivity contribution < 1.29 is 9.18 Å². The molecule has 0 unspecified atom stereocenters. The Hall–Kier alpha value is -2.94. The summed E-state index contributed by atoms with van der Waals surface area (Å²) in [4.78, 5) is 12.0. The molecular formula is C19H14FNO. The second-order valence-electron chi connectivity index (χ2n) is 4.87. The van der Waals surface area contributed by atoms with Crippen molar-refractivity contribution in [3.05, 3.63) is 84.2 Å². The molecule has 22 heavy (non-hydrogen) atoms. The Kier molecular flexibility index (Phi) is 3.97. The minimum absolute atomic E-state index is 0.292. The Balaban J connectivity index is 1.81. The van der Waals surface area contributed by atoms with Crippen LogP contribution < -0.4 is 5.32 Å². The highest BCUT2D eigenvalue weighted by molar-refractivity contribution is 6.07. The van der Waals surface area contributed by atoms with Gasteiger partial charge in [0.2, 0.25) is 5.91 Å². The van der Waals surface area contributed by atoms with Gasteiger partial charge in [-0.3, -0.25) is 4.79 Å². The molecule has 0 fully saturated rings. The van der Waals surface area contributed by atoms with E-state index in [-0.39, 0.29) is 11.7 Å². The summed E-state index contributed by atoms with van der Waals surface area (Å²) in [6.07, 6.45) is 2.80. The van der Waals surface area contributed by atoms with Crippen LogP contribution in [0.25, 0.3) is 16.8 Å². The third kappa shape index (κ3) is 3.04. The zero-order chi connectivity index (χ0) is 15.4. The number of nitrogens with one attached hydrogen (secondary N) is 1. The molecule has 3 heteroatoms. The van der Waals surface area contributed by atoms with Gasteiger partial charge in [0.05, 0.1) is 0 Å². The first-order valence-electron chi connectivity index (χ1n) is 6.95. The number of anilines is 1. The Morgan fingerprint density at radius 2 is 1.64 bits per heavy atom. The maximum atomic E-state index is 13.5. The molecule has 108 valence electrons. The minimum atomic E-state index is -0.350. The predicted molar refractivity (Wildman–Crippen MR) is 88.0 cm³/mol. The quantitative estimate of drug-likeness (QED) is 0.700. The van der Waals surface area contributed by atoms with E-state index in [1.165, 1.54) is 18.2 Å². The number of carbonyl (C=O) groups is 1. The van der Waals surface area contributed by atoms with Crippen molar-refractivity contribution >= 4 is 28.4 Å². The van der Waals surface area contributed by atoms with E-state index < -0.39 is 0 Å². The number of halogens is 1. The number of hydrogen-bond acceptors (Lipinski definition) is 1. The van der Waals surface area contributed by atoms with Crippen LogP contribution in [0.3, 0.4) is 0 Å². The molecule has 2 nitrogen and oxygen atoms in total. The molecule has 0 saturated carbocycles. The van der Waals surface area contributed by atoms with Gasteiger partial charge in [-0.05, 0) is 23.6 Å². The molecule has 3 rings (SSSR count).